The number of hydrogen-bond donors (Lipinski definition) is 1. The van der Waals surface area contributed by atoms with E-state index in [1.807, 2.05) is 6.92 Å². The van der Waals surface area contributed by atoms with Crippen molar-refractivity contribution < 1.29 is 9.53 Å². The third-order valence-electron chi connectivity index (χ3n) is 3.35. The van der Waals surface area contributed by atoms with Crippen LogP contribution in [0.1, 0.15) is 52.5 Å². The zero-order chi connectivity index (χ0) is 12.5. The van der Waals surface area contributed by atoms with E-state index < -0.39 is 0 Å². The number of thiazole rings is 1. The molecule has 5 heteroatoms. The van der Waals surface area contributed by atoms with E-state index in [1.165, 1.54) is 24.9 Å². The lowest BCUT2D eigenvalue weighted by atomic mass is 9.83. The Morgan fingerprint density at radius 2 is 2.06 bits per heavy atom. The van der Waals surface area contributed by atoms with Crippen molar-refractivity contribution in [2.45, 2.75) is 44.6 Å². The predicted octanol–water partition coefficient (Wildman–Crippen LogP) is 2.36. The van der Waals surface area contributed by atoms with Gasteiger partial charge in [-0.05, 0) is 19.8 Å². The third kappa shape index (κ3) is 2.35. The summed E-state index contributed by atoms with van der Waals surface area (Å²) in [6.07, 6.45) is 5.44. The lowest BCUT2D eigenvalue weighted by molar-refractivity contribution is 0.0593. The van der Waals surface area contributed by atoms with Crippen LogP contribution < -0.4 is 5.73 Å². The van der Waals surface area contributed by atoms with Gasteiger partial charge in [-0.15, -0.1) is 11.3 Å². The topological polar surface area (TPSA) is 65.2 Å². The maximum Gasteiger partial charge on any atom is 0.357 e. The van der Waals surface area contributed by atoms with E-state index >= 15 is 0 Å². The van der Waals surface area contributed by atoms with Crippen molar-refractivity contribution in [3.8, 4) is 0 Å². The number of methoxy groups -OCH3 is 1. The Morgan fingerprint density at radius 3 is 2.65 bits per heavy atom. The number of ether oxygens (including phenoxy) is 1. The van der Waals surface area contributed by atoms with Gasteiger partial charge in [0, 0.05) is 4.88 Å². The minimum absolute atomic E-state index is 0.333. The molecule has 1 aliphatic rings. The predicted molar refractivity (Wildman–Crippen MR) is 67.1 cm³/mol. The first-order valence-electron chi connectivity index (χ1n) is 5.92. The Hall–Kier alpha value is -0.940. The molecule has 1 saturated carbocycles. The van der Waals surface area contributed by atoms with E-state index in [-0.39, 0.29) is 11.5 Å². The average Bonchev–Trinajstić information content (AvgIpc) is 2.72. The molecule has 0 aliphatic heterocycles. The molecule has 0 spiro atoms. The fourth-order valence-corrected chi connectivity index (χ4v) is 3.35. The molecule has 4 nitrogen and oxygen atoms in total. The van der Waals surface area contributed by atoms with Gasteiger partial charge in [-0.1, -0.05) is 19.3 Å². The molecule has 1 aromatic rings. The Morgan fingerprint density at radius 1 is 1.41 bits per heavy atom. The number of carbonyl (C=O) groups excluding carboxylic acids is 1. The van der Waals surface area contributed by atoms with Crippen LogP contribution in [-0.2, 0) is 10.3 Å². The zero-order valence-electron chi connectivity index (χ0n) is 10.3. The normalized spacial score (nSPS) is 19.0. The highest BCUT2D eigenvalue weighted by atomic mass is 32.1. The summed E-state index contributed by atoms with van der Waals surface area (Å²) in [5.41, 5.74) is 6.49. The van der Waals surface area contributed by atoms with Crippen LogP contribution in [0.4, 0.5) is 0 Å². The lowest BCUT2D eigenvalue weighted by Crippen LogP contribution is -2.38. The molecule has 94 valence electrons. The number of nitrogens with zero attached hydrogens (tertiary/aromatic N) is 1. The molecule has 2 N–H and O–H groups in total. The van der Waals surface area contributed by atoms with Crippen LogP contribution in [-0.4, -0.2) is 18.1 Å². The van der Waals surface area contributed by atoms with Gasteiger partial charge in [0.05, 0.1) is 12.6 Å². The summed E-state index contributed by atoms with van der Waals surface area (Å²) >= 11 is 1.53. The highest BCUT2D eigenvalue weighted by Crippen LogP contribution is 2.37. The van der Waals surface area contributed by atoms with Crippen LogP contribution in [0.15, 0.2) is 0 Å². The molecule has 0 atom stereocenters. The van der Waals surface area contributed by atoms with Crippen LogP contribution in [0.2, 0.25) is 0 Å². The third-order valence-corrected chi connectivity index (χ3v) is 4.54. The lowest BCUT2D eigenvalue weighted by Gasteiger charge is -2.31. The summed E-state index contributed by atoms with van der Waals surface area (Å²) < 4.78 is 4.72. The number of carbonyl (C=O) groups is 1. The molecule has 0 saturated heterocycles. The molecule has 17 heavy (non-hydrogen) atoms. The summed E-state index contributed by atoms with van der Waals surface area (Å²) in [7, 11) is 1.37. The van der Waals surface area contributed by atoms with Gasteiger partial charge < -0.3 is 10.5 Å². The van der Waals surface area contributed by atoms with Gasteiger partial charge in [0.2, 0.25) is 0 Å². The van der Waals surface area contributed by atoms with Crippen molar-refractivity contribution in [3.05, 3.63) is 15.6 Å². The van der Waals surface area contributed by atoms with Gasteiger partial charge in [-0.2, -0.15) is 0 Å². The van der Waals surface area contributed by atoms with Crippen molar-refractivity contribution >= 4 is 17.3 Å². The molecule has 0 unspecified atom stereocenters. The molecule has 0 amide bonds. The van der Waals surface area contributed by atoms with E-state index in [2.05, 4.69) is 4.98 Å². The SMILES string of the molecule is COC(=O)c1nc(C2(N)CCCCC2)sc1C. The molecule has 0 aromatic carbocycles. The maximum absolute atomic E-state index is 11.5. The van der Waals surface area contributed by atoms with Gasteiger partial charge in [0.1, 0.15) is 5.01 Å². The van der Waals surface area contributed by atoms with Crippen LogP contribution in [0.3, 0.4) is 0 Å². The number of aryl methyl sites for hydroxylation is 1. The minimum Gasteiger partial charge on any atom is -0.464 e. The second-order valence-electron chi connectivity index (χ2n) is 4.63. The zero-order valence-corrected chi connectivity index (χ0v) is 11.1. The number of nitrogens with two attached hydrogens (primary N) is 1. The van der Waals surface area contributed by atoms with Crippen molar-refractivity contribution in [1.29, 1.82) is 0 Å². The average molecular weight is 254 g/mol. The summed E-state index contributed by atoms with van der Waals surface area (Å²) in [6.45, 7) is 1.89. The number of rotatable bonds is 2. The molecule has 1 heterocycles. The molecular weight excluding hydrogens is 236 g/mol. The number of hydrogen-bond acceptors (Lipinski definition) is 5. The van der Waals surface area contributed by atoms with Gasteiger partial charge in [0.15, 0.2) is 5.69 Å². The quantitative estimate of drug-likeness (QED) is 0.823. The van der Waals surface area contributed by atoms with Gasteiger partial charge in [-0.3, -0.25) is 0 Å². The smallest absolute Gasteiger partial charge is 0.357 e. The fraction of sp³-hybridized carbons (Fsp3) is 0.667. The van der Waals surface area contributed by atoms with Crippen LogP contribution in [0.25, 0.3) is 0 Å². The van der Waals surface area contributed by atoms with E-state index in [4.69, 9.17) is 10.5 Å². The van der Waals surface area contributed by atoms with Gasteiger partial charge in [-0.25, -0.2) is 9.78 Å². The highest BCUT2D eigenvalue weighted by Gasteiger charge is 2.33. The molecular formula is C12H18N2O2S. The van der Waals surface area contributed by atoms with Crippen LogP contribution >= 0.6 is 11.3 Å². The first-order valence-corrected chi connectivity index (χ1v) is 6.73. The summed E-state index contributed by atoms with van der Waals surface area (Å²) in [6, 6.07) is 0. The van der Waals surface area contributed by atoms with Crippen LogP contribution in [0.5, 0.6) is 0 Å². The van der Waals surface area contributed by atoms with E-state index in [0.29, 0.717) is 5.69 Å². The van der Waals surface area contributed by atoms with Crippen molar-refractivity contribution in [1.82, 2.24) is 4.98 Å². The Labute approximate surface area is 105 Å². The molecule has 0 radical (unpaired) electrons. The molecule has 1 aliphatic carbocycles. The minimum atomic E-state index is -0.371. The second-order valence-corrected chi connectivity index (χ2v) is 5.84. The van der Waals surface area contributed by atoms with Gasteiger partial charge in [0.25, 0.3) is 0 Å². The van der Waals surface area contributed by atoms with Gasteiger partial charge >= 0.3 is 5.97 Å². The number of esters is 1. The molecule has 1 fully saturated rings. The summed E-state index contributed by atoms with van der Waals surface area (Å²) in [5.74, 6) is -0.371. The van der Waals surface area contributed by atoms with E-state index in [9.17, 15) is 4.79 Å². The fourth-order valence-electron chi connectivity index (χ4n) is 2.29. The second kappa shape index (κ2) is 4.74. The van der Waals surface area contributed by atoms with Crippen LogP contribution in [0, 0.1) is 6.92 Å². The van der Waals surface area contributed by atoms with E-state index in [1.54, 1.807) is 0 Å². The number of aromatic nitrogens is 1. The monoisotopic (exact) mass is 254 g/mol. The highest BCUT2D eigenvalue weighted by molar-refractivity contribution is 7.12. The Bertz CT molecular complexity index is 422. The van der Waals surface area contributed by atoms with Crippen molar-refractivity contribution in [3.63, 3.8) is 0 Å². The maximum atomic E-state index is 11.5. The molecule has 1 aromatic heterocycles. The first kappa shape index (κ1) is 12.5. The Kier molecular flexibility index (Phi) is 3.49. The summed E-state index contributed by atoms with van der Waals surface area (Å²) in [4.78, 5) is 16.8. The first-order chi connectivity index (χ1) is 8.07. The standard InChI is InChI=1S/C12H18N2O2S/c1-8-9(10(15)16-2)14-11(17-8)12(13)6-4-3-5-7-12/h3-7,13H2,1-2H3. The van der Waals surface area contributed by atoms with Crippen molar-refractivity contribution in [2.24, 2.45) is 5.73 Å². The van der Waals surface area contributed by atoms with E-state index in [0.717, 1.165) is 35.6 Å². The molecule has 2 rings (SSSR count). The van der Waals surface area contributed by atoms with Crippen molar-refractivity contribution in [2.75, 3.05) is 7.11 Å². The molecule has 0 bridgehead atoms. The largest absolute Gasteiger partial charge is 0.464 e. The summed E-state index contributed by atoms with van der Waals surface area (Å²) in [5, 5.41) is 0.884. The Balaban J connectivity index is 2.30.